The van der Waals surface area contributed by atoms with E-state index in [-0.39, 0.29) is 0 Å². The summed E-state index contributed by atoms with van der Waals surface area (Å²) in [5.41, 5.74) is 15.0. The van der Waals surface area contributed by atoms with Crippen molar-refractivity contribution in [3.63, 3.8) is 0 Å². The Kier molecular flexibility index (Phi) is 7.82. The van der Waals surface area contributed by atoms with Crippen LogP contribution in [0.5, 0.6) is 0 Å². The summed E-state index contributed by atoms with van der Waals surface area (Å²) in [5.74, 6) is 0. The van der Waals surface area contributed by atoms with Gasteiger partial charge in [-0.05, 0) is 95.1 Å². The fourth-order valence-electron chi connectivity index (χ4n) is 8.76. The zero-order valence-electron chi connectivity index (χ0n) is 31.2. The Morgan fingerprint density at radius 1 is 0.281 bits per heavy atom. The van der Waals surface area contributed by atoms with Gasteiger partial charge in [0.25, 0.3) is 0 Å². The van der Waals surface area contributed by atoms with Crippen molar-refractivity contribution < 1.29 is 0 Å². The third kappa shape index (κ3) is 5.51. The largest absolute Gasteiger partial charge is 0.310 e. The van der Waals surface area contributed by atoms with Crippen molar-refractivity contribution >= 4 is 60.7 Å². The molecule has 0 saturated heterocycles. The van der Waals surface area contributed by atoms with Gasteiger partial charge in [0, 0.05) is 50.0 Å². The van der Waals surface area contributed by atoms with Crippen LogP contribution in [0.15, 0.2) is 224 Å². The highest BCUT2D eigenvalue weighted by Gasteiger charge is 2.21. The number of hydrogen-bond acceptors (Lipinski definition) is 1. The van der Waals surface area contributed by atoms with Crippen molar-refractivity contribution in [3.8, 4) is 33.6 Å². The van der Waals surface area contributed by atoms with Gasteiger partial charge in [0.15, 0.2) is 0 Å². The standard InChI is InChI=1S/C54H37N3/c1-5-17-38(18-6-1)40-21-15-26-43(35-40)55(44-31-33-48-47-27-13-14-29-50(47)56(52(48)36-44)41-22-9-3-10-23-41)45-32-34-49-53(37-45)57(42-24-11-4-12-25-42)51-30-16-28-46(54(49)51)39-19-7-2-8-20-39/h1-37H. The molecule has 57 heavy (non-hydrogen) atoms. The zero-order valence-corrected chi connectivity index (χ0v) is 31.2. The third-order valence-corrected chi connectivity index (χ3v) is 11.3. The van der Waals surface area contributed by atoms with E-state index in [1.54, 1.807) is 0 Å². The first-order chi connectivity index (χ1) is 28.3. The van der Waals surface area contributed by atoms with Crippen LogP contribution in [-0.2, 0) is 0 Å². The van der Waals surface area contributed by atoms with E-state index < -0.39 is 0 Å². The maximum absolute atomic E-state index is 2.43. The maximum atomic E-state index is 2.43. The van der Waals surface area contributed by atoms with Crippen molar-refractivity contribution in [1.82, 2.24) is 9.13 Å². The van der Waals surface area contributed by atoms with Gasteiger partial charge in [-0.2, -0.15) is 0 Å². The van der Waals surface area contributed by atoms with Crippen LogP contribution >= 0.6 is 0 Å². The Morgan fingerprint density at radius 3 is 1.44 bits per heavy atom. The highest BCUT2D eigenvalue weighted by molar-refractivity contribution is 6.17. The molecule has 0 fully saturated rings. The highest BCUT2D eigenvalue weighted by Crippen LogP contribution is 2.44. The van der Waals surface area contributed by atoms with E-state index in [0.717, 1.165) is 39.5 Å². The SMILES string of the molecule is c1ccc(-c2cccc(N(c3ccc4c5ccccc5n(-c5ccccc5)c4c3)c3ccc4c5c(-c6ccccc6)cccc5n(-c5ccccc5)c4c3)c2)cc1. The average molecular weight is 728 g/mol. The van der Waals surface area contributed by atoms with E-state index >= 15 is 0 Å². The van der Waals surface area contributed by atoms with Gasteiger partial charge in [0.2, 0.25) is 0 Å². The first kappa shape index (κ1) is 32.8. The van der Waals surface area contributed by atoms with Crippen molar-refractivity contribution in [2.75, 3.05) is 4.90 Å². The lowest BCUT2D eigenvalue weighted by molar-refractivity contribution is 1.17. The van der Waals surface area contributed by atoms with E-state index in [1.807, 2.05) is 0 Å². The minimum Gasteiger partial charge on any atom is -0.310 e. The van der Waals surface area contributed by atoms with Crippen LogP contribution in [0.3, 0.4) is 0 Å². The summed E-state index contributed by atoms with van der Waals surface area (Å²) < 4.78 is 4.82. The number of anilines is 3. The van der Waals surface area contributed by atoms with Gasteiger partial charge < -0.3 is 14.0 Å². The summed E-state index contributed by atoms with van der Waals surface area (Å²) in [5, 5.41) is 4.93. The van der Waals surface area contributed by atoms with Crippen molar-refractivity contribution in [1.29, 1.82) is 0 Å². The zero-order chi connectivity index (χ0) is 37.7. The smallest absolute Gasteiger partial charge is 0.0562 e. The van der Waals surface area contributed by atoms with E-state index in [0.29, 0.717) is 0 Å². The molecule has 0 N–H and O–H groups in total. The number of rotatable bonds is 7. The van der Waals surface area contributed by atoms with Crippen LogP contribution in [0.4, 0.5) is 17.1 Å². The normalized spacial score (nSPS) is 11.5. The van der Waals surface area contributed by atoms with Crippen LogP contribution in [-0.4, -0.2) is 9.13 Å². The molecule has 0 aliphatic rings. The summed E-state index contributed by atoms with van der Waals surface area (Å²) in [6.45, 7) is 0. The monoisotopic (exact) mass is 727 g/mol. The molecule has 268 valence electrons. The Labute approximate surface area is 331 Å². The lowest BCUT2D eigenvalue weighted by Crippen LogP contribution is -2.10. The first-order valence-electron chi connectivity index (χ1n) is 19.5. The lowest BCUT2D eigenvalue weighted by atomic mass is 9.99. The second-order valence-corrected chi connectivity index (χ2v) is 14.6. The van der Waals surface area contributed by atoms with E-state index in [2.05, 4.69) is 238 Å². The topological polar surface area (TPSA) is 13.1 Å². The molecule has 9 aromatic carbocycles. The summed E-state index contributed by atoms with van der Waals surface area (Å²) >= 11 is 0. The van der Waals surface area contributed by atoms with Gasteiger partial charge in [-0.25, -0.2) is 0 Å². The number of fused-ring (bicyclic) bond motifs is 6. The summed E-state index contributed by atoms with van der Waals surface area (Å²) in [4.78, 5) is 2.42. The van der Waals surface area contributed by atoms with Gasteiger partial charge in [-0.3, -0.25) is 0 Å². The van der Waals surface area contributed by atoms with Crippen molar-refractivity contribution in [3.05, 3.63) is 224 Å². The quantitative estimate of drug-likeness (QED) is 0.159. The molecule has 0 radical (unpaired) electrons. The molecule has 3 nitrogen and oxygen atoms in total. The predicted molar refractivity (Wildman–Crippen MR) is 241 cm³/mol. The van der Waals surface area contributed by atoms with Crippen LogP contribution in [0, 0.1) is 0 Å². The number of benzene rings is 9. The van der Waals surface area contributed by atoms with Gasteiger partial charge >= 0.3 is 0 Å². The first-order valence-corrected chi connectivity index (χ1v) is 19.5. The molecule has 0 atom stereocenters. The van der Waals surface area contributed by atoms with E-state index in [4.69, 9.17) is 0 Å². The second kappa shape index (κ2) is 13.6. The molecule has 0 amide bonds. The molecular weight excluding hydrogens is 691 g/mol. The molecule has 0 spiro atoms. The second-order valence-electron chi connectivity index (χ2n) is 14.6. The number of nitrogens with zero attached hydrogens (tertiary/aromatic N) is 3. The molecule has 0 aliphatic heterocycles. The fraction of sp³-hybridized carbons (Fsp3) is 0. The molecule has 0 saturated carbocycles. The highest BCUT2D eigenvalue weighted by atomic mass is 15.1. The fourth-order valence-corrected chi connectivity index (χ4v) is 8.76. The molecule has 3 heteroatoms. The molecule has 0 unspecified atom stereocenters. The van der Waals surface area contributed by atoms with Gasteiger partial charge in [0.1, 0.15) is 0 Å². The molecule has 11 aromatic rings. The molecule has 0 bridgehead atoms. The van der Waals surface area contributed by atoms with Crippen molar-refractivity contribution in [2.24, 2.45) is 0 Å². The Bertz CT molecular complexity index is 3220. The van der Waals surface area contributed by atoms with Gasteiger partial charge in [0.05, 0.1) is 22.1 Å². The average Bonchev–Trinajstić information content (AvgIpc) is 3.80. The minimum atomic E-state index is 1.08. The Hall–Kier alpha value is -7.62. The van der Waals surface area contributed by atoms with Gasteiger partial charge in [-0.15, -0.1) is 0 Å². The predicted octanol–water partition coefficient (Wildman–Crippen LogP) is 14.7. The third-order valence-electron chi connectivity index (χ3n) is 11.3. The summed E-state index contributed by atoms with van der Waals surface area (Å²) in [6.07, 6.45) is 0. The molecular formula is C54H37N3. The molecule has 2 heterocycles. The van der Waals surface area contributed by atoms with Crippen LogP contribution in [0.2, 0.25) is 0 Å². The van der Waals surface area contributed by atoms with Crippen LogP contribution in [0.25, 0.3) is 77.2 Å². The number of aromatic nitrogens is 2. The summed E-state index contributed by atoms with van der Waals surface area (Å²) in [6, 6.07) is 81.2. The van der Waals surface area contributed by atoms with E-state index in [1.165, 1.54) is 54.8 Å². The lowest BCUT2D eigenvalue weighted by Gasteiger charge is -2.27. The Morgan fingerprint density at radius 2 is 0.754 bits per heavy atom. The molecule has 2 aromatic heterocycles. The molecule has 11 rings (SSSR count). The van der Waals surface area contributed by atoms with Crippen LogP contribution in [0.1, 0.15) is 0 Å². The number of para-hydroxylation sites is 3. The molecule has 0 aliphatic carbocycles. The minimum absolute atomic E-state index is 1.08. The maximum Gasteiger partial charge on any atom is 0.0562 e. The van der Waals surface area contributed by atoms with Crippen molar-refractivity contribution in [2.45, 2.75) is 0 Å². The van der Waals surface area contributed by atoms with E-state index in [9.17, 15) is 0 Å². The van der Waals surface area contributed by atoms with Crippen LogP contribution < -0.4 is 4.90 Å². The number of hydrogen-bond donors (Lipinski definition) is 0. The van der Waals surface area contributed by atoms with Gasteiger partial charge in [-0.1, -0.05) is 152 Å². The summed E-state index contributed by atoms with van der Waals surface area (Å²) in [7, 11) is 0. The Balaban J connectivity index is 1.20.